The van der Waals surface area contributed by atoms with Crippen molar-refractivity contribution in [1.29, 1.82) is 0 Å². The largest absolute Gasteiger partial charge is 0.338 e. The Hall–Kier alpha value is -1.08. The minimum atomic E-state index is -3.09. The number of nitrogens with zero attached hydrogens (tertiary/aromatic N) is 1. The summed E-state index contributed by atoms with van der Waals surface area (Å²) in [5.41, 5.74) is -0.0632. The van der Waals surface area contributed by atoms with Gasteiger partial charge in [-0.3, -0.25) is 4.79 Å². The van der Waals surface area contributed by atoms with E-state index >= 15 is 0 Å². The zero-order valence-corrected chi connectivity index (χ0v) is 11.9. The summed E-state index contributed by atoms with van der Waals surface area (Å²) in [6.45, 7) is 0.436. The van der Waals surface area contributed by atoms with Crippen LogP contribution in [0.4, 0.5) is 4.39 Å². The molecule has 4 nitrogen and oxygen atoms in total. The molecular formula is C12H14FNO3S2. The molecule has 0 unspecified atom stereocenters. The van der Waals surface area contributed by atoms with E-state index in [9.17, 15) is 17.6 Å². The Morgan fingerprint density at radius 1 is 1.26 bits per heavy atom. The monoisotopic (exact) mass is 303 g/mol. The molecule has 0 aliphatic carbocycles. The molecule has 0 radical (unpaired) electrons. The zero-order valence-electron chi connectivity index (χ0n) is 10.2. The first kappa shape index (κ1) is 14.3. The van der Waals surface area contributed by atoms with E-state index in [-0.39, 0.29) is 23.6 Å². The third kappa shape index (κ3) is 3.48. The predicted octanol–water partition coefficient (Wildman–Crippen LogP) is 1.38. The van der Waals surface area contributed by atoms with Gasteiger partial charge in [-0.15, -0.1) is 12.6 Å². The highest BCUT2D eigenvalue weighted by molar-refractivity contribution is 7.91. The number of hydrogen-bond acceptors (Lipinski definition) is 4. The summed E-state index contributed by atoms with van der Waals surface area (Å²) in [5, 5.41) is 0. The van der Waals surface area contributed by atoms with Gasteiger partial charge in [-0.1, -0.05) is 0 Å². The van der Waals surface area contributed by atoms with E-state index in [0.717, 1.165) is 0 Å². The predicted molar refractivity (Wildman–Crippen MR) is 72.8 cm³/mol. The Kier molecular flexibility index (Phi) is 4.15. The number of halogens is 1. The molecule has 1 fully saturated rings. The van der Waals surface area contributed by atoms with E-state index in [0.29, 0.717) is 17.9 Å². The summed E-state index contributed by atoms with van der Waals surface area (Å²) in [4.78, 5) is 14.1. The lowest BCUT2D eigenvalue weighted by molar-refractivity contribution is 0.0763. The van der Waals surface area contributed by atoms with Crippen LogP contribution in [0.5, 0.6) is 0 Å². The van der Waals surface area contributed by atoms with E-state index in [1.807, 2.05) is 0 Å². The number of benzene rings is 1. The van der Waals surface area contributed by atoms with Crippen molar-refractivity contribution >= 4 is 28.4 Å². The maximum Gasteiger partial charge on any atom is 0.256 e. The molecular weight excluding hydrogens is 289 g/mol. The van der Waals surface area contributed by atoms with Crippen molar-refractivity contribution in [3.05, 3.63) is 29.6 Å². The molecule has 1 saturated heterocycles. The van der Waals surface area contributed by atoms with Gasteiger partial charge < -0.3 is 4.90 Å². The molecule has 1 aliphatic rings. The Balaban J connectivity index is 2.22. The average Bonchev–Trinajstić information content (AvgIpc) is 2.52. The highest BCUT2D eigenvalue weighted by atomic mass is 32.2. The van der Waals surface area contributed by atoms with E-state index in [1.54, 1.807) is 0 Å². The fourth-order valence-electron chi connectivity index (χ4n) is 1.99. The van der Waals surface area contributed by atoms with Gasteiger partial charge in [-0.05, 0) is 24.6 Å². The number of sulfone groups is 1. The zero-order chi connectivity index (χ0) is 14.0. The summed E-state index contributed by atoms with van der Waals surface area (Å²) in [6.07, 6.45) is 0.385. The van der Waals surface area contributed by atoms with Gasteiger partial charge in [0.25, 0.3) is 5.91 Å². The van der Waals surface area contributed by atoms with Gasteiger partial charge >= 0.3 is 0 Å². The molecule has 2 rings (SSSR count). The first-order valence-electron chi connectivity index (χ1n) is 5.87. The Bertz CT molecular complexity index is 601. The highest BCUT2D eigenvalue weighted by Crippen LogP contribution is 2.17. The minimum absolute atomic E-state index is 0.0632. The van der Waals surface area contributed by atoms with Crippen molar-refractivity contribution in [2.45, 2.75) is 11.3 Å². The van der Waals surface area contributed by atoms with Gasteiger partial charge in [0.15, 0.2) is 9.84 Å². The lowest BCUT2D eigenvalue weighted by Crippen LogP contribution is -2.34. The maximum atomic E-state index is 13.6. The number of carbonyl (C=O) groups excluding carboxylic acids is 1. The second kappa shape index (κ2) is 5.50. The molecule has 1 aromatic rings. The number of rotatable bonds is 1. The molecule has 0 atom stereocenters. The van der Waals surface area contributed by atoms with E-state index in [2.05, 4.69) is 12.6 Å². The molecule has 0 aromatic heterocycles. The van der Waals surface area contributed by atoms with E-state index < -0.39 is 21.6 Å². The molecule has 1 heterocycles. The Labute approximate surface area is 116 Å². The number of carbonyl (C=O) groups is 1. The third-order valence-electron chi connectivity index (χ3n) is 3.02. The van der Waals surface area contributed by atoms with Crippen LogP contribution < -0.4 is 0 Å². The topological polar surface area (TPSA) is 54.5 Å². The Morgan fingerprint density at radius 3 is 2.74 bits per heavy atom. The number of hydrogen-bond donors (Lipinski definition) is 1. The molecule has 104 valence electrons. The molecule has 0 N–H and O–H groups in total. The van der Waals surface area contributed by atoms with Crippen LogP contribution in [0.3, 0.4) is 0 Å². The van der Waals surface area contributed by atoms with Crippen molar-refractivity contribution in [3.8, 4) is 0 Å². The fraction of sp³-hybridized carbons (Fsp3) is 0.417. The van der Waals surface area contributed by atoms with Crippen molar-refractivity contribution in [2.75, 3.05) is 24.6 Å². The van der Waals surface area contributed by atoms with Crippen molar-refractivity contribution in [2.24, 2.45) is 0 Å². The van der Waals surface area contributed by atoms with Crippen LogP contribution in [-0.4, -0.2) is 43.8 Å². The molecule has 1 amide bonds. The molecule has 0 spiro atoms. The quantitative estimate of drug-likeness (QED) is 0.797. The number of amides is 1. The van der Waals surface area contributed by atoms with Crippen LogP contribution in [0, 0.1) is 5.82 Å². The second-order valence-electron chi connectivity index (χ2n) is 4.46. The molecule has 0 bridgehead atoms. The summed E-state index contributed by atoms with van der Waals surface area (Å²) in [7, 11) is -3.09. The summed E-state index contributed by atoms with van der Waals surface area (Å²) in [6, 6.07) is 4.01. The second-order valence-corrected chi connectivity index (χ2v) is 7.28. The van der Waals surface area contributed by atoms with Crippen LogP contribution in [-0.2, 0) is 9.84 Å². The summed E-state index contributed by atoms with van der Waals surface area (Å²) >= 11 is 4.08. The first-order valence-corrected chi connectivity index (χ1v) is 8.14. The Morgan fingerprint density at radius 2 is 2.00 bits per heavy atom. The van der Waals surface area contributed by atoms with Crippen LogP contribution >= 0.6 is 12.6 Å². The smallest absolute Gasteiger partial charge is 0.256 e. The van der Waals surface area contributed by atoms with Crippen LogP contribution in [0.25, 0.3) is 0 Å². The van der Waals surface area contributed by atoms with Gasteiger partial charge in [0.05, 0.1) is 17.1 Å². The van der Waals surface area contributed by atoms with Gasteiger partial charge in [0, 0.05) is 18.0 Å². The molecule has 1 aliphatic heterocycles. The third-order valence-corrected chi connectivity index (χ3v) is 5.02. The minimum Gasteiger partial charge on any atom is -0.338 e. The van der Waals surface area contributed by atoms with E-state index in [1.165, 1.54) is 23.1 Å². The maximum absolute atomic E-state index is 13.6. The van der Waals surface area contributed by atoms with Gasteiger partial charge in [-0.25, -0.2) is 12.8 Å². The average molecular weight is 303 g/mol. The van der Waals surface area contributed by atoms with E-state index in [4.69, 9.17) is 0 Å². The van der Waals surface area contributed by atoms with Crippen LogP contribution in [0.2, 0.25) is 0 Å². The van der Waals surface area contributed by atoms with Crippen LogP contribution in [0.1, 0.15) is 16.8 Å². The van der Waals surface area contributed by atoms with Crippen molar-refractivity contribution < 1.29 is 17.6 Å². The SMILES string of the molecule is O=C(c1cc(S)ccc1F)N1CCCS(=O)(=O)CC1. The molecule has 19 heavy (non-hydrogen) atoms. The van der Waals surface area contributed by atoms with Crippen molar-refractivity contribution in [1.82, 2.24) is 4.90 Å². The molecule has 7 heteroatoms. The van der Waals surface area contributed by atoms with Gasteiger partial charge in [0.2, 0.25) is 0 Å². The van der Waals surface area contributed by atoms with Gasteiger partial charge in [0.1, 0.15) is 5.82 Å². The standard InChI is InChI=1S/C12H14FNO3S2/c13-11-3-2-9(18)8-10(11)12(15)14-4-1-6-19(16,17)7-5-14/h2-3,8,18H,1,4-7H2. The van der Waals surface area contributed by atoms with Crippen LogP contribution in [0.15, 0.2) is 23.1 Å². The summed E-state index contributed by atoms with van der Waals surface area (Å²) in [5.74, 6) is -1.09. The van der Waals surface area contributed by atoms with Gasteiger partial charge in [-0.2, -0.15) is 0 Å². The summed E-state index contributed by atoms with van der Waals surface area (Å²) < 4.78 is 36.6. The lowest BCUT2D eigenvalue weighted by Gasteiger charge is -2.20. The number of thiol groups is 1. The lowest BCUT2D eigenvalue weighted by atomic mass is 10.2. The van der Waals surface area contributed by atoms with Crippen molar-refractivity contribution in [3.63, 3.8) is 0 Å². The molecule has 1 aromatic carbocycles. The highest BCUT2D eigenvalue weighted by Gasteiger charge is 2.24. The molecule has 0 saturated carbocycles. The fourth-order valence-corrected chi connectivity index (χ4v) is 3.46. The first-order chi connectivity index (χ1) is 8.89. The normalized spacial score (nSPS) is 18.9.